The molecule has 0 amide bonds. The molecule has 1 heterocycles. The summed E-state index contributed by atoms with van der Waals surface area (Å²) in [6.45, 7) is 9.63. The minimum absolute atomic E-state index is 0.0202. The second-order valence-electron chi connectivity index (χ2n) is 13.6. The average Bonchev–Trinajstić information content (AvgIpc) is 2.93. The number of nitrogens with zero attached hydrogens (tertiary/aromatic N) is 1. The summed E-state index contributed by atoms with van der Waals surface area (Å²) in [5.41, 5.74) is 3.39. The van der Waals surface area contributed by atoms with E-state index in [1.165, 1.54) is 31.4 Å². The van der Waals surface area contributed by atoms with Gasteiger partial charge in [0, 0.05) is 66.6 Å². The van der Waals surface area contributed by atoms with Gasteiger partial charge in [-0.15, -0.1) is 0 Å². The van der Waals surface area contributed by atoms with Crippen LogP contribution < -0.4 is 8.92 Å². The van der Waals surface area contributed by atoms with Gasteiger partial charge < -0.3 is 18.6 Å². The smallest absolute Gasteiger partial charge is 0.339 e. The maximum atomic E-state index is 14.1. The van der Waals surface area contributed by atoms with Gasteiger partial charge in [-0.2, -0.15) is 8.42 Å². The van der Waals surface area contributed by atoms with E-state index in [1.807, 2.05) is 22.6 Å². The van der Waals surface area contributed by atoms with Crippen LogP contribution in [0.4, 0.5) is 0 Å². The molecule has 5 rings (SSSR count). The number of hydrogen-bond acceptors (Lipinski definition) is 8. The van der Waals surface area contributed by atoms with Crippen LogP contribution in [0.5, 0.6) is 11.5 Å². The Morgan fingerprint density at radius 3 is 1.98 bits per heavy atom. The van der Waals surface area contributed by atoms with Crippen LogP contribution in [0.3, 0.4) is 0 Å². The number of hydrogen-bond donors (Lipinski definition) is 0. The van der Waals surface area contributed by atoms with Crippen LogP contribution in [0.25, 0.3) is 0 Å². The van der Waals surface area contributed by atoms with Crippen molar-refractivity contribution in [1.82, 2.24) is 4.90 Å². The van der Waals surface area contributed by atoms with E-state index >= 15 is 0 Å². The zero-order valence-corrected chi connectivity index (χ0v) is 30.2. The maximum Gasteiger partial charge on any atom is 0.339 e. The number of benzene rings is 2. The highest BCUT2D eigenvalue weighted by atomic mass is 127. The van der Waals surface area contributed by atoms with Crippen LogP contribution in [-0.2, 0) is 24.4 Å². The first-order valence-corrected chi connectivity index (χ1v) is 17.8. The van der Waals surface area contributed by atoms with Gasteiger partial charge in [0.15, 0.2) is 23.1 Å². The molecule has 0 unspecified atom stereocenters. The summed E-state index contributed by atoms with van der Waals surface area (Å²) in [6, 6.07) is 9.21. The van der Waals surface area contributed by atoms with Crippen LogP contribution in [0.2, 0.25) is 5.02 Å². The van der Waals surface area contributed by atoms with Crippen molar-refractivity contribution in [2.45, 2.75) is 70.6 Å². The van der Waals surface area contributed by atoms with E-state index in [0.717, 1.165) is 17.8 Å². The molecule has 0 fully saturated rings. The second kappa shape index (κ2) is 12.7. The van der Waals surface area contributed by atoms with Gasteiger partial charge in [-0.3, -0.25) is 9.59 Å². The predicted octanol–water partition coefficient (Wildman–Crippen LogP) is 7.44. The maximum absolute atomic E-state index is 14.1. The van der Waals surface area contributed by atoms with E-state index in [4.69, 9.17) is 25.3 Å². The lowest BCUT2D eigenvalue weighted by Crippen LogP contribution is -2.44. The van der Waals surface area contributed by atoms with Crippen molar-refractivity contribution in [3.8, 4) is 11.5 Å². The van der Waals surface area contributed by atoms with Crippen molar-refractivity contribution in [1.29, 1.82) is 0 Å². The fourth-order valence-corrected chi connectivity index (χ4v) is 8.73. The van der Waals surface area contributed by atoms with E-state index in [1.54, 1.807) is 19.2 Å². The Hall–Kier alpha value is -2.41. The number of methoxy groups -OCH3 is 2. The molecule has 45 heavy (non-hydrogen) atoms. The van der Waals surface area contributed by atoms with E-state index in [2.05, 4.69) is 32.6 Å². The molecular formula is C34H39ClINO7S. The van der Waals surface area contributed by atoms with Gasteiger partial charge in [0.25, 0.3) is 0 Å². The van der Waals surface area contributed by atoms with Gasteiger partial charge >= 0.3 is 10.1 Å². The number of ketones is 2. The average molecular weight is 768 g/mol. The quantitative estimate of drug-likeness (QED) is 0.148. The van der Waals surface area contributed by atoms with Gasteiger partial charge in [0.05, 0.1) is 10.7 Å². The Labute approximate surface area is 284 Å². The monoisotopic (exact) mass is 767 g/mol. The van der Waals surface area contributed by atoms with Crippen LogP contribution in [0, 0.1) is 14.4 Å². The molecule has 0 spiro atoms. The fraction of sp³-hybridized carbons (Fsp3) is 0.471. The van der Waals surface area contributed by atoms with Gasteiger partial charge in [-0.25, -0.2) is 0 Å². The van der Waals surface area contributed by atoms with E-state index in [0.29, 0.717) is 64.1 Å². The molecule has 3 aliphatic rings. The number of ether oxygens (including phenoxy) is 2. The third-order valence-corrected chi connectivity index (χ3v) is 10.9. The molecule has 242 valence electrons. The Bertz CT molecular complexity index is 1660. The summed E-state index contributed by atoms with van der Waals surface area (Å²) in [4.78, 5) is 30.4. The Kier molecular flexibility index (Phi) is 9.54. The molecule has 0 saturated carbocycles. The van der Waals surface area contributed by atoms with Crippen molar-refractivity contribution in [2.75, 3.05) is 27.4 Å². The lowest BCUT2D eigenvalue weighted by atomic mass is 9.63. The number of allylic oxidation sites excluding steroid dienone is 4. The third kappa shape index (κ3) is 6.84. The lowest BCUT2D eigenvalue weighted by molar-refractivity contribution is -0.119. The molecule has 0 aromatic heterocycles. The summed E-state index contributed by atoms with van der Waals surface area (Å²) >= 11 is 7.98. The summed E-state index contributed by atoms with van der Waals surface area (Å²) < 4.78 is 43.6. The topological polar surface area (TPSA) is 99.2 Å². The van der Waals surface area contributed by atoms with Crippen LogP contribution in [0.15, 0.2) is 63.8 Å². The van der Waals surface area contributed by atoms with Crippen LogP contribution in [-0.4, -0.2) is 52.3 Å². The highest BCUT2D eigenvalue weighted by Gasteiger charge is 2.49. The van der Waals surface area contributed by atoms with Crippen molar-refractivity contribution in [2.24, 2.45) is 10.8 Å². The Morgan fingerprint density at radius 2 is 1.47 bits per heavy atom. The van der Waals surface area contributed by atoms with Crippen molar-refractivity contribution in [3.05, 3.63) is 73.1 Å². The van der Waals surface area contributed by atoms with E-state index in [9.17, 15) is 18.0 Å². The van der Waals surface area contributed by atoms with Crippen LogP contribution in [0.1, 0.15) is 71.3 Å². The van der Waals surface area contributed by atoms with Crippen molar-refractivity contribution in [3.63, 3.8) is 0 Å². The normalized spacial score (nSPS) is 19.9. The van der Waals surface area contributed by atoms with Gasteiger partial charge in [0.1, 0.15) is 4.90 Å². The predicted molar refractivity (Wildman–Crippen MR) is 181 cm³/mol. The first-order chi connectivity index (χ1) is 21.1. The van der Waals surface area contributed by atoms with Gasteiger partial charge in [-0.1, -0.05) is 39.3 Å². The number of carbonyl (C=O) groups is 2. The van der Waals surface area contributed by atoms with E-state index < -0.39 is 16.0 Å². The van der Waals surface area contributed by atoms with Crippen molar-refractivity contribution >= 4 is 55.9 Å². The highest BCUT2D eigenvalue weighted by molar-refractivity contribution is 14.1. The molecule has 0 saturated heterocycles. The second-order valence-corrected chi connectivity index (χ2v) is 16.7. The van der Waals surface area contributed by atoms with Crippen molar-refractivity contribution < 1.29 is 31.7 Å². The molecule has 2 aromatic rings. The standard InChI is InChI=1S/C34H39ClINO7S/c1-33(2)16-24-30(26(38)18-33)29(31-25(37(24)12-7-13-42-5)17-34(3,4)19-27(31)39)20-14-23(36)32(28(15-20)43-6)44-45(40,41)22-10-8-21(35)9-11-22/h8-11,14-15,29H,7,12-13,16-19H2,1-6H3. The summed E-state index contributed by atoms with van der Waals surface area (Å²) in [5.74, 6) is -0.346. The largest absolute Gasteiger partial charge is 0.493 e. The molecule has 0 bridgehead atoms. The molecule has 0 atom stereocenters. The summed E-state index contributed by atoms with van der Waals surface area (Å²) in [5, 5.41) is 0.402. The third-order valence-electron chi connectivity index (χ3n) is 8.63. The minimum Gasteiger partial charge on any atom is -0.493 e. The number of Topliss-reactive ketones (excluding diaryl/α,β-unsaturated/α-hetero) is 2. The van der Waals surface area contributed by atoms with Gasteiger partial charge in [0.2, 0.25) is 0 Å². The molecule has 2 aliphatic carbocycles. The molecule has 2 aromatic carbocycles. The summed E-state index contributed by atoms with van der Waals surface area (Å²) in [6.07, 6.45) is 2.86. The summed E-state index contributed by atoms with van der Waals surface area (Å²) in [7, 11) is -1.10. The Morgan fingerprint density at radius 1 is 0.911 bits per heavy atom. The zero-order chi connectivity index (χ0) is 32.9. The molecule has 0 N–H and O–H groups in total. The number of carbonyl (C=O) groups excluding carboxylic acids is 2. The molecule has 1 aliphatic heterocycles. The molecule has 8 nitrogen and oxygen atoms in total. The molecule has 0 radical (unpaired) electrons. The van der Waals surface area contributed by atoms with Gasteiger partial charge in [-0.05, 0) is 94.6 Å². The molecular weight excluding hydrogens is 729 g/mol. The first-order valence-electron chi connectivity index (χ1n) is 14.9. The lowest BCUT2D eigenvalue weighted by Gasteiger charge is -2.49. The van der Waals surface area contributed by atoms with Crippen LogP contribution >= 0.6 is 34.2 Å². The van der Waals surface area contributed by atoms with E-state index in [-0.39, 0.29) is 38.8 Å². The highest BCUT2D eigenvalue weighted by Crippen LogP contribution is 2.55. The zero-order valence-electron chi connectivity index (χ0n) is 26.5. The SMILES string of the molecule is COCCCN1C2=C(C(=O)CC(C)(C)C2)C(c2cc(I)c(OS(=O)(=O)c3ccc(Cl)cc3)c(OC)c2)C2=C1CC(C)(C)CC2=O. The minimum atomic E-state index is -4.21. The first kappa shape index (κ1) is 33.9. The molecule has 11 heteroatoms. The number of halogens is 2. The number of rotatable bonds is 9. The fourth-order valence-electron chi connectivity index (χ4n) is 6.76. The Balaban J connectivity index is 1.68.